The number of oxime groups is 1. The van der Waals surface area contributed by atoms with E-state index in [1.807, 2.05) is 6.08 Å². The molecule has 20 aliphatic rings. The number of rotatable bonds is 4. The molecule has 20 bridgehead atoms. The van der Waals surface area contributed by atoms with Gasteiger partial charge in [-0.3, -0.25) is 38.7 Å². The molecule has 24 atom stereocenters. The first-order valence-corrected chi connectivity index (χ1v) is 66.0. The van der Waals surface area contributed by atoms with Gasteiger partial charge in [-0.1, -0.05) is 180 Å². The van der Waals surface area contributed by atoms with Crippen molar-refractivity contribution in [2.75, 3.05) is 0 Å². The molecule has 11 N–H and O–H groups in total. The van der Waals surface area contributed by atoms with Gasteiger partial charge >= 0.3 is 187 Å². The number of nitrogens with zero attached hydrogens (tertiary/aromatic N) is 5. The van der Waals surface area contributed by atoms with Crippen LogP contribution in [0, 0.1) is 70.4 Å². The van der Waals surface area contributed by atoms with Crippen LogP contribution in [0.4, 0.5) is 0 Å². The Morgan fingerprint density at radius 2 is 0.631 bits per heavy atom. The fraction of sp³-hybridized carbons (Fsp3) is 0.908. The molecule has 0 spiro atoms. The van der Waals surface area contributed by atoms with E-state index in [2.05, 4.69) is 30.6 Å². The number of piperidine rings is 8. The summed E-state index contributed by atoms with van der Waals surface area (Å²) in [6.07, 6.45) is 82.2. The number of allylic oxidation sites excluding steroid dienone is 2. The molecule has 8 aliphatic heterocycles. The van der Waals surface area contributed by atoms with E-state index in [0.29, 0.717) is 90.2 Å². The summed E-state index contributed by atoms with van der Waals surface area (Å²) in [5.41, 5.74) is 14.8. The van der Waals surface area contributed by atoms with Gasteiger partial charge in [-0.05, 0) is 232 Å². The second kappa shape index (κ2) is 60.2. The van der Waals surface area contributed by atoms with Gasteiger partial charge in [-0.15, -0.1) is 17.0 Å². The number of carbonyl (C=O) groups excluding carboxylic acids is 4. The first-order chi connectivity index (χ1) is 57.2. The third-order valence-corrected chi connectivity index (χ3v) is 32.6. The van der Waals surface area contributed by atoms with Crippen LogP contribution in [0.15, 0.2) is 16.8 Å². The number of halogens is 1. The quantitative estimate of drug-likeness (QED) is 0.0737. The topological polar surface area (TPSA) is 311 Å². The zero-order valence-corrected chi connectivity index (χ0v) is 87.3. The number of carboxylic acid groups (broad SMARTS) is 2. The van der Waals surface area contributed by atoms with Gasteiger partial charge in [0.25, 0.3) is 11.9 Å². The molecule has 0 radical (unpaired) electrons. The zero-order valence-electron chi connectivity index (χ0n) is 77.3. The van der Waals surface area contributed by atoms with Crippen molar-refractivity contribution in [3.05, 3.63) is 11.6 Å². The van der Waals surface area contributed by atoms with E-state index >= 15 is 0 Å². The number of hydrogen-bond donors (Lipinski definition) is 8. The molecule has 0 aromatic carbocycles. The SMILES string of the molecule is Br.C.C.CC(=O)O.CC(=O)O.N=BN1[C@@H]2CCC[C@H]1CC(=O)C2.NC1C[C@H]2CCCC[C@@H](C1)C2.NC1C[C@H]2CCC[C@@H](C1)N2C1C[C@H]2CCCC[C@@H](C1)C2.NO.O=C1C=C2CCCC[C@@H](C1)C2.O=C1C[C@H]2CCCC[C@@H](C1)C2.O=C1C[C@H]2CCC[C@@H](C1)N2C1C[C@H]2CCCC[C@@H](C1)C2.ON=C1C[C@H]2CCC[C@@H](C1)N2C1C[C@H]2CCCC[C@@H](C1)C2.[H-].[K+].[K][K]. The van der Waals surface area contributed by atoms with Crippen molar-refractivity contribution in [3.63, 3.8) is 0 Å². The van der Waals surface area contributed by atoms with E-state index in [1.54, 1.807) is 6.42 Å². The first-order valence-electron chi connectivity index (χ1n) is 50.0. The van der Waals surface area contributed by atoms with Crippen molar-refractivity contribution in [2.24, 2.45) is 87.6 Å². The molecule has 11 saturated carbocycles. The molecule has 122 heavy (non-hydrogen) atoms. The number of hydrogen-bond acceptors (Lipinski definition) is 16. The fourth-order valence-electron chi connectivity index (χ4n) is 28.4. The van der Waals surface area contributed by atoms with E-state index in [-0.39, 0.29) is 84.6 Å². The van der Waals surface area contributed by atoms with Crippen molar-refractivity contribution in [3.8, 4) is 0 Å². The molecule has 24 heteroatoms. The predicted molar refractivity (Wildman–Crippen MR) is 500 cm³/mol. The Hall–Kier alpha value is 1.60. The molecule has 0 amide bonds. The second-order valence-corrected chi connectivity index (χ2v) is 41.7. The average molecular weight is 1850 g/mol. The Bertz CT molecular complexity index is 3000. The van der Waals surface area contributed by atoms with Crippen molar-refractivity contribution in [1.29, 1.82) is 5.31 Å². The maximum atomic E-state index is 11.9. The van der Waals surface area contributed by atoms with Crippen LogP contribution in [0.1, 0.15) is 422 Å². The van der Waals surface area contributed by atoms with Gasteiger partial charge in [0.05, 0.1) is 5.71 Å². The number of Topliss-reactive ketones (excluding diaryl/α,β-unsaturated/α-hetero) is 3. The minimum atomic E-state index is -0.833. The molecule has 8 heterocycles. The molecule has 20 rings (SSSR count). The van der Waals surface area contributed by atoms with Crippen LogP contribution in [-0.4, -0.2) is 230 Å². The maximum absolute atomic E-state index is 11.9. The van der Waals surface area contributed by atoms with Crippen LogP contribution in [-0.2, 0) is 28.8 Å². The summed E-state index contributed by atoms with van der Waals surface area (Å²) < 4.78 is 0. The monoisotopic (exact) mass is 1840 g/mol. The molecule has 8 saturated heterocycles. The van der Waals surface area contributed by atoms with Gasteiger partial charge in [0.1, 0.15) is 11.6 Å². The van der Waals surface area contributed by atoms with Crippen molar-refractivity contribution in [2.45, 2.75) is 499 Å². The summed E-state index contributed by atoms with van der Waals surface area (Å²) in [6, 6.07) is 8.55. The van der Waals surface area contributed by atoms with E-state index in [0.717, 1.165) is 167 Å². The molecule has 0 aromatic rings. The number of carbonyl (C=O) groups is 6. The van der Waals surface area contributed by atoms with E-state index < -0.39 is 11.9 Å². The Labute approximate surface area is 841 Å². The van der Waals surface area contributed by atoms with Gasteiger partial charge in [0, 0.05) is 125 Å². The van der Waals surface area contributed by atoms with Crippen LogP contribution in [0.5, 0.6) is 0 Å². The number of aliphatic carboxylic acids is 2. The fourth-order valence-corrected chi connectivity index (χ4v) is 28.4. The molecule has 19 nitrogen and oxygen atoms in total. The van der Waals surface area contributed by atoms with E-state index in [9.17, 15) is 24.4 Å². The van der Waals surface area contributed by atoms with Gasteiger partial charge in [-0.2, -0.15) is 0 Å². The molecule has 0 aromatic heterocycles. The normalized spacial score (nSPS) is 37.9. The second-order valence-electron chi connectivity index (χ2n) is 41.7. The van der Waals surface area contributed by atoms with Crippen molar-refractivity contribution < 1.29 is 102 Å². The van der Waals surface area contributed by atoms with Crippen LogP contribution in [0.3, 0.4) is 0 Å². The van der Waals surface area contributed by atoms with Crippen LogP contribution < -0.4 is 68.7 Å². The molecule has 5 unspecified atom stereocenters. The van der Waals surface area contributed by atoms with E-state index in [4.69, 9.17) is 41.8 Å². The standard InChI is InChI=1S/C18H30N2O.C18H32N2.C18H29NO.C10H19N.C10H16O.C10H14O.C8H13BN2O.2C2H4O2.2CH4.BrH.3K.H3NO.H/c21-19-15-11-16-6-3-7-17(12-15)20(16)18-9-13-4-1-2-5-14(8-13)10-18;19-15-11-16-6-3-7-17(12-15)20(16)18-9-13-4-1-2-5-14(8-13)10-18;20-18-11-15-6-3-7-16(12-18)19(15)17-9-13-4-1-2-5-14(8-13)10-17;3*11-10-6-8-3-1-2-4-9(5-8)7-10;10-9-11-6-2-1-3-7(11)5-8(12)4-6;2*1-2(3)4;;;;;;;1-2;/h13-14,16-18,21H,1-12H2;13-18H,1-12,19H2;13-17H,1-12H2;8-10H,1-7,11H2;8-9H,1-7H2;6,9H,1-5,7H2;6-7,10H,1-5H2;2*1H3,(H,3,4);2*1H4;1H;;;;2H,1H2;/q;;;;;;;;;;;;;;+1;;-1/t13-,14+,16-,17+,18?;13-,14+,15?,16-,17+,18?;13-,14+,15-,16+,17?;8-,9+,10?;8-,9+;9-;6-,7+;;;;;;;;;;/m.....1.........../s1. The average Bonchev–Trinajstić information content (AvgIpc) is 1.66. The molecular weight excluding hydrogens is 1670 g/mol. The number of nitrogens with two attached hydrogens (primary N) is 3. The van der Waals surface area contributed by atoms with Gasteiger partial charge < -0.3 is 33.5 Å². The van der Waals surface area contributed by atoms with Gasteiger partial charge in [0.2, 0.25) is 0 Å². The van der Waals surface area contributed by atoms with Crippen LogP contribution in [0.25, 0.3) is 0 Å². The Morgan fingerprint density at radius 3 is 0.975 bits per heavy atom. The summed E-state index contributed by atoms with van der Waals surface area (Å²) in [5, 5.41) is 41.3. The zero-order chi connectivity index (χ0) is 84.0. The summed E-state index contributed by atoms with van der Waals surface area (Å²) in [7, 11) is 1.42. The third kappa shape index (κ3) is 36.7. The molecule has 684 valence electrons. The Morgan fingerprint density at radius 1 is 0.369 bits per heavy atom. The van der Waals surface area contributed by atoms with E-state index in [1.165, 1.54) is 391 Å². The summed E-state index contributed by atoms with van der Waals surface area (Å²) >= 11 is 2.50. The number of fused-ring (bicyclic) bond motifs is 20. The van der Waals surface area contributed by atoms with Crippen molar-refractivity contribution >= 4 is 128 Å². The summed E-state index contributed by atoms with van der Waals surface area (Å²) in [4.78, 5) is 74.4. The van der Waals surface area contributed by atoms with Gasteiger partial charge in [0.15, 0.2) is 5.78 Å². The third-order valence-electron chi connectivity index (χ3n) is 32.6. The Kier molecular flexibility index (Phi) is 55.4. The van der Waals surface area contributed by atoms with Gasteiger partial charge in [-0.25, -0.2) is 5.90 Å². The number of ketones is 4. The predicted octanol–water partition coefficient (Wildman–Crippen LogP) is 17.8. The molecule has 12 aliphatic carbocycles. The molecule has 19 fully saturated rings. The number of carboxylic acids is 2. The Balaban J connectivity index is 0.000000251. The summed E-state index contributed by atoms with van der Waals surface area (Å²) in [6.45, 7) is 2.17. The number of nitrogens with one attached hydrogen (secondary N) is 1. The summed E-state index contributed by atoms with van der Waals surface area (Å²) in [5.74, 6) is 14.0. The minimum absolute atomic E-state index is 0. The van der Waals surface area contributed by atoms with Crippen molar-refractivity contribution in [1.82, 2.24) is 19.5 Å². The molecular formula is C98H174BBrK3N9O10. The first kappa shape index (κ1) is 112. The van der Waals surface area contributed by atoms with Crippen LogP contribution >= 0.6 is 17.0 Å². The van der Waals surface area contributed by atoms with Crippen LogP contribution in [0.2, 0.25) is 0 Å².